The Kier molecular flexibility index (Phi) is 6.12. The number of piperidine rings is 1. The summed E-state index contributed by atoms with van der Waals surface area (Å²) in [6.07, 6.45) is 5.13. The quantitative estimate of drug-likeness (QED) is 0.856. The molecule has 1 aromatic rings. The van der Waals surface area contributed by atoms with Crippen LogP contribution in [0.2, 0.25) is 0 Å². The van der Waals surface area contributed by atoms with Gasteiger partial charge in [0.15, 0.2) is 0 Å². The molecule has 0 unspecified atom stereocenters. The molecule has 2 fully saturated rings. The van der Waals surface area contributed by atoms with Gasteiger partial charge in [-0.3, -0.25) is 9.89 Å². The molecule has 1 amide bonds. The van der Waals surface area contributed by atoms with Crippen molar-refractivity contribution < 1.29 is 9.53 Å². The number of aromatic amines is 1. The fourth-order valence-electron chi connectivity index (χ4n) is 4.19. The number of hydrogen-bond acceptors (Lipinski definition) is 4. The van der Waals surface area contributed by atoms with Gasteiger partial charge in [-0.05, 0) is 53.1 Å². The molecule has 0 saturated carbocycles. The molecule has 6 nitrogen and oxygen atoms in total. The second-order valence-corrected chi connectivity index (χ2v) is 7.54. The number of H-pyrrole nitrogens is 1. The topological polar surface area (TPSA) is 61.5 Å². The highest BCUT2D eigenvalue weighted by atomic mass is 16.5. The Morgan fingerprint density at radius 3 is 2.72 bits per heavy atom. The van der Waals surface area contributed by atoms with Gasteiger partial charge in [-0.25, -0.2) is 0 Å². The Bertz CT molecular complexity index is 560. The standard InChI is InChI=1S/C19H32N4O2/c1-14(18-15(2)20-21-16(18)3)19(24)23-10-7-17(13-23)25-12-11-22-8-5-4-6-9-22/h14,17H,4-13H2,1-3H3,(H,20,21)/t14-,17-/m1/s1. The lowest BCUT2D eigenvalue weighted by Gasteiger charge is -2.26. The third-order valence-electron chi connectivity index (χ3n) is 5.65. The monoisotopic (exact) mass is 348 g/mol. The van der Waals surface area contributed by atoms with Crippen molar-refractivity contribution in [3.63, 3.8) is 0 Å². The number of likely N-dealkylation sites (tertiary alicyclic amines) is 2. The molecule has 3 rings (SSSR count). The van der Waals surface area contributed by atoms with Gasteiger partial charge in [0.05, 0.1) is 24.3 Å². The Hall–Kier alpha value is -1.40. The van der Waals surface area contributed by atoms with Crippen LogP contribution in [0.1, 0.15) is 55.5 Å². The zero-order chi connectivity index (χ0) is 17.8. The molecule has 6 heteroatoms. The fraction of sp³-hybridized carbons (Fsp3) is 0.789. The van der Waals surface area contributed by atoms with Gasteiger partial charge in [-0.15, -0.1) is 0 Å². The largest absolute Gasteiger partial charge is 0.375 e. The van der Waals surface area contributed by atoms with Crippen LogP contribution in [0.4, 0.5) is 0 Å². The second kappa shape index (κ2) is 8.32. The number of aromatic nitrogens is 2. The van der Waals surface area contributed by atoms with E-state index < -0.39 is 0 Å². The normalized spacial score (nSPS) is 23.2. The Labute approximate surface area is 150 Å². The van der Waals surface area contributed by atoms with E-state index in [1.165, 1.54) is 32.4 Å². The first-order valence-corrected chi connectivity index (χ1v) is 9.70. The summed E-state index contributed by atoms with van der Waals surface area (Å²) in [6, 6.07) is 0. The maximum atomic E-state index is 12.8. The molecule has 2 saturated heterocycles. The highest BCUT2D eigenvalue weighted by Gasteiger charge is 2.31. The predicted molar refractivity (Wildman–Crippen MR) is 97.7 cm³/mol. The lowest BCUT2D eigenvalue weighted by Crippen LogP contribution is -2.35. The summed E-state index contributed by atoms with van der Waals surface area (Å²) in [6.45, 7) is 11.7. The van der Waals surface area contributed by atoms with E-state index in [0.717, 1.165) is 49.6 Å². The first kappa shape index (κ1) is 18.4. The van der Waals surface area contributed by atoms with E-state index >= 15 is 0 Å². The average Bonchev–Trinajstić information content (AvgIpc) is 3.21. The number of nitrogens with one attached hydrogen (secondary N) is 1. The van der Waals surface area contributed by atoms with Crippen LogP contribution in [0, 0.1) is 13.8 Å². The van der Waals surface area contributed by atoms with Crippen molar-refractivity contribution in [2.45, 2.75) is 58.5 Å². The van der Waals surface area contributed by atoms with E-state index in [4.69, 9.17) is 4.74 Å². The number of amides is 1. The highest BCUT2D eigenvalue weighted by Crippen LogP contribution is 2.25. The summed E-state index contributed by atoms with van der Waals surface area (Å²) < 4.78 is 6.05. The molecular formula is C19H32N4O2. The molecule has 0 radical (unpaired) electrons. The first-order chi connectivity index (χ1) is 12.1. The maximum absolute atomic E-state index is 12.8. The van der Waals surface area contributed by atoms with E-state index in [2.05, 4.69) is 15.1 Å². The summed E-state index contributed by atoms with van der Waals surface area (Å²) in [5.41, 5.74) is 2.96. The van der Waals surface area contributed by atoms with E-state index in [9.17, 15) is 4.79 Å². The van der Waals surface area contributed by atoms with Crippen LogP contribution in [-0.2, 0) is 9.53 Å². The molecule has 0 bridgehead atoms. The average molecular weight is 348 g/mol. The summed E-state index contributed by atoms with van der Waals surface area (Å²) in [5.74, 6) is 0.0422. The van der Waals surface area contributed by atoms with Gasteiger partial charge in [0.25, 0.3) is 0 Å². The van der Waals surface area contributed by atoms with E-state index in [1.54, 1.807) is 0 Å². The molecule has 0 aliphatic carbocycles. The SMILES string of the molecule is Cc1n[nH]c(C)c1[C@@H](C)C(=O)N1CC[C@@H](OCCN2CCCCC2)C1. The first-order valence-electron chi connectivity index (χ1n) is 9.70. The zero-order valence-electron chi connectivity index (χ0n) is 15.9. The number of carbonyl (C=O) groups is 1. The van der Waals surface area contributed by atoms with Gasteiger partial charge in [-0.1, -0.05) is 6.42 Å². The van der Waals surface area contributed by atoms with Crippen molar-refractivity contribution in [3.8, 4) is 0 Å². The number of nitrogens with zero attached hydrogens (tertiary/aromatic N) is 3. The second-order valence-electron chi connectivity index (χ2n) is 7.54. The van der Waals surface area contributed by atoms with Crippen LogP contribution < -0.4 is 0 Å². The third kappa shape index (κ3) is 4.42. The van der Waals surface area contributed by atoms with Crippen molar-refractivity contribution in [2.24, 2.45) is 0 Å². The third-order valence-corrected chi connectivity index (χ3v) is 5.65. The minimum absolute atomic E-state index is 0.147. The fourth-order valence-corrected chi connectivity index (χ4v) is 4.19. The molecule has 1 N–H and O–H groups in total. The summed E-state index contributed by atoms with van der Waals surface area (Å²) in [5, 5.41) is 7.20. The minimum Gasteiger partial charge on any atom is -0.375 e. The Morgan fingerprint density at radius 1 is 1.28 bits per heavy atom. The number of hydrogen-bond donors (Lipinski definition) is 1. The number of carbonyl (C=O) groups excluding carboxylic acids is 1. The lowest BCUT2D eigenvalue weighted by atomic mass is 9.98. The van der Waals surface area contributed by atoms with Gasteiger partial charge < -0.3 is 14.5 Å². The summed E-state index contributed by atoms with van der Waals surface area (Å²) in [4.78, 5) is 17.3. The Morgan fingerprint density at radius 2 is 2.04 bits per heavy atom. The molecule has 2 atom stereocenters. The van der Waals surface area contributed by atoms with Crippen molar-refractivity contribution in [2.75, 3.05) is 39.3 Å². The van der Waals surface area contributed by atoms with Crippen LogP contribution in [0.25, 0.3) is 0 Å². The van der Waals surface area contributed by atoms with E-state index in [-0.39, 0.29) is 17.9 Å². The molecule has 3 heterocycles. The maximum Gasteiger partial charge on any atom is 0.230 e. The van der Waals surface area contributed by atoms with Crippen molar-refractivity contribution in [3.05, 3.63) is 17.0 Å². The molecular weight excluding hydrogens is 316 g/mol. The number of ether oxygens (including phenoxy) is 1. The van der Waals surface area contributed by atoms with Gasteiger partial charge in [-0.2, -0.15) is 5.10 Å². The highest BCUT2D eigenvalue weighted by molar-refractivity contribution is 5.84. The Balaban J connectivity index is 1.44. The molecule has 140 valence electrons. The van der Waals surface area contributed by atoms with Crippen LogP contribution in [-0.4, -0.2) is 71.3 Å². The van der Waals surface area contributed by atoms with Crippen LogP contribution in [0.15, 0.2) is 0 Å². The van der Waals surface area contributed by atoms with Crippen LogP contribution >= 0.6 is 0 Å². The van der Waals surface area contributed by atoms with Gasteiger partial charge >= 0.3 is 0 Å². The summed E-state index contributed by atoms with van der Waals surface area (Å²) >= 11 is 0. The molecule has 0 aromatic carbocycles. The molecule has 0 spiro atoms. The smallest absolute Gasteiger partial charge is 0.230 e. The molecule has 1 aromatic heterocycles. The zero-order valence-corrected chi connectivity index (χ0v) is 15.9. The lowest BCUT2D eigenvalue weighted by molar-refractivity contribution is -0.132. The summed E-state index contributed by atoms with van der Waals surface area (Å²) in [7, 11) is 0. The number of rotatable bonds is 6. The van der Waals surface area contributed by atoms with Gasteiger partial charge in [0.2, 0.25) is 5.91 Å². The van der Waals surface area contributed by atoms with Crippen molar-refractivity contribution in [1.82, 2.24) is 20.0 Å². The van der Waals surface area contributed by atoms with Crippen LogP contribution in [0.3, 0.4) is 0 Å². The van der Waals surface area contributed by atoms with E-state index in [0.29, 0.717) is 0 Å². The van der Waals surface area contributed by atoms with Crippen molar-refractivity contribution in [1.29, 1.82) is 0 Å². The minimum atomic E-state index is -0.147. The van der Waals surface area contributed by atoms with E-state index in [1.807, 2.05) is 25.7 Å². The molecule has 2 aliphatic heterocycles. The van der Waals surface area contributed by atoms with Crippen LogP contribution in [0.5, 0.6) is 0 Å². The van der Waals surface area contributed by atoms with Gasteiger partial charge in [0.1, 0.15) is 0 Å². The van der Waals surface area contributed by atoms with Gasteiger partial charge in [0, 0.05) is 30.9 Å². The number of aryl methyl sites for hydroxylation is 2. The predicted octanol–water partition coefficient (Wildman–Crippen LogP) is 2.23. The molecule has 2 aliphatic rings. The van der Waals surface area contributed by atoms with Crippen molar-refractivity contribution >= 4 is 5.91 Å². The molecule has 25 heavy (non-hydrogen) atoms.